The molecule has 1 atom stereocenters. The lowest BCUT2D eigenvalue weighted by atomic mass is 10.1. The van der Waals surface area contributed by atoms with E-state index in [4.69, 9.17) is 0 Å². The first-order chi connectivity index (χ1) is 12.6. The topological polar surface area (TPSA) is 78.1 Å². The van der Waals surface area contributed by atoms with Gasteiger partial charge in [0.25, 0.3) is 0 Å². The predicted molar refractivity (Wildman–Crippen MR) is 99.4 cm³/mol. The fourth-order valence-corrected chi connectivity index (χ4v) is 3.25. The van der Waals surface area contributed by atoms with Crippen LogP contribution in [0.4, 0.5) is 5.95 Å². The summed E-state index contributed by atoms with van der Waals surface area (Å²) in [7, 11) is 0. The zero-order valence-electron chi connectivity index (χ0n) is 14.5. The van der Waals surface area contributed by atoms with Gasteiger partial charge in [0.05, 0.1) is 17.0 Å². The van der Waals surface area contributed by atoms with Crippen LogP contribution in [0.2, 0.25) is 0 Å². The summed E-state index contributed by atoms with van der Waals surface area (Å²) in [6, 6.07) is 15.7. The van der Waals surface area contributed by atoms with E-state index in [-0.39, 0.29) is 24.2 Å². The van der Waals surface area contributed by atoms with Crippen molar-refractivity contribution in [3.63, 3.8) is 0 Å². The zero-order valence-corrected chi connectivity index (χ0v) is 14.5. The number of imidazole rings is 1. The molecule has 1 aliphatic rings. The van der Waals surface area contributed by atoms with E-state index in [9.17, 15) is 9.59 Å². The number of fused-ring (bicyclic) bond motifs is 1. The molecule has 26 heavy (non-hydrogen) atoms. The third-order valence-electron chi connectivity index (χ3n) is 4.71. The Bertz CT molecular complexity index is 928. The van der Waals surface area contributed by atoms with Crippen molar-refractivity contribution in [2.45, 2.75) is 19.9 Å². The lowest BCUT2D eigenvalue weighted by molar-refractivity contribution is -0.128. The number of nitrogens with one attached hydrogen (secondary N) is 2. The molecule has 1 fully saturated rings. The van der Waals surface area contributed by atoms with Crippen LogP contribution in [-0.2, 0) is 16.1 Å². The molecule has 1 saturated heterocycles. The highest BCUT2D eigenvalue weighted by atomic mass is 16.2. The summed E-state index contributed by atoms with van der Waals surface area (Å²) in [6.07, 6.45) is 0.234. The first-order valence-electron chi connectivity index (χ1n) is 8.67. The van der Waals surface area contributed by atoms with E-state index in [1.165, 1.54) is 5.56 Å². The number of rotatable bonds is 4. The highest BCUT2D eigenvalue weighted by Crippen LogP contribution is 2.22. The smallest absolute Gasteiger partial charge is 0.232 e. The number of amides is 2. The number of carbonyl (C=O) groups excluding carboxylic acids is 2. The van der Waals surface area contributed by atoms with Crippen molar-refractivity contribution in [1.82, 2.24) is 14.9 Å². The van der Waals surface area contributed by atoms with Gasteiger partial charge in [-0.05, 0) is 24.6 Å². The van der Waals surface area contributed by atoms with Crippen LogP contribution in [-0.4, -0.2) is 33.2 Å². The first kappa shape index (κ1) is 16.3. The number of H-pyrrole nitrogens is 1. The van der Waals surface area contributed by atoms with E-state index < -0.39 is 0 Å². The Morgan fingerprint density at radius 1 is 1.23 bits per heavy atom. The quantitative estimate of drug-likeness (QED) is 0.761. The molecule has 2 amide bonds. The lowest BCUT2D eigenvalue weighted by Crippen LogP contribution is -2.28. The summed E-state index contributed by atoms with van der Waals surface area (Å²) in [5.74, 6) is -0.110. The Morgan fingerprint density at radius 2 is 2.00 bits per heavy atom. The second-order valence-electron chi connectivity index (χ2n) is 6.75. The Kier molecular flexibility index (Phi) is 4.16. The number of benzene rings is 2. The Labute approximate surface area is 151 Å². The molecule has 3 aromatic rings. The van der Waals surface area contributed by atoms with E-state index in [1.54, 1.807) is 4.90 Å². The van der Waals surface area contributed by atoms with Crippen molar-refractivity contribution >= 4 is 28.8 Å². The minimum atomic E-state index is -0.360. The summed E-state index contributed by atoms with van der Waals surface area (Å²) in [4.78, 5) is 34.0. The molecule has 0 spiro atoms. The summed E-state index contributed by atoms with van der Waals surface area (Å²) in [6.45, 7) is 3.00. The van der Waals surface area contributed by atoms with Crippen LogP contribution < -0.4 is 5.32 Å². The normalized spacial score (nSPS) is 17.0. The van der Waals surface area contributed by atoms with Crippen LogP contribution in [0.25, 0.3) is 11.0 Å². The molecule has 4 rings (SSSR count). The molecular weight excluding hydrogens is 328 g/mol. The molecular formula is C20H20N4O2. The summed E-state index contributed by atoms with van der Waals surface area (Å²) in [5.41, 5.74) is 3.92. The minimum absolute atomic E-state index is 0.00957. The molecule has 6 heteroatoms. The van der Waals surface area contributed by atoms with E-state index in [2.05, 4.69) is 15.3 Å². The molecule has 1 aliphatic heterocycles. The van der Waals surface area contributed by atoms with Gasteiger partial charge in [-0.1, -0.05) is 42.0 Å². The van der Waals surface area contributed by atoms with Crippen LogP contribution >= 0.6 is 0 Å². The monoisotopic (exact) mass is 348 g/mol. The van der Waals surface area contributed by atoms with Crippen LogP contribution in [0, 0.1) is 12.8 Å². The van der Waals surface area contributed by atoms with Crippen LogP contribution in [0.15, 0.2) is 48.5 Å². The van der Waals surface area contributed by atoms with Crippen LogP contribution in [0.3, 0.4) is 0 Å². The van der Waals surface area contributed by atoms with E-state index in [0.29, 0.717) is 19.0 Å². The van der Waals surface area contributed by atoms with E-state index in [1.807, 2.05) is 55.5 Å². The average Bonchev–Trinajstić information content (AvgIpc) is 3.20. The molecule has 0 saturated carbocycles. The molecule has 132 valence electrons. The molecule has 2 aromatic carbocycles. The number of aromatic amines is 1. The fourth-order valence-electron chi connectivity index (χ4n) is 3.25. The average molecular weight is 348 g/mol. The Hall–Kier alpha value is -3.15. The van der Waals surface area contributed by atoms with E-state index >= 15 is 0 Å². The summed E-state index contributed by atoms with van der Waals surface area (Å²) in [5, 5.41) is 2.80. The van der Waals surface area contributed by atoms with Crippen molar-refractivity contribution in [1.29, 1.82) is 0 Å². The van der Waals surface area contributed by atoms with Gasteiger partial charge in [-0.2, -0.15) is 0 Å². The van der Waals surface area contributed by atoms with Gasteiger partial charge in [-0.15, -0.1) is 0 Å². The molecule has 2 heterocycles. The standard InChI is InChI=1S/C20H20N4O2/c1-13-6-8-14(9-7-13)11-24-12-15(10-18(24)25)19(26)23-20-21-16-4-2-3-5-17(16)22-20/h2-9,15H,10-12H2,1H3,(H2,21,22,23,26)/t15-/m0/s1. The predicted octanol–water partition coefficient (Wildman–Crippen LogP) is 2.86. The fraction of sp³-hybridized carbons (Fsp3) is 0.250. The molecule has 0 unspecified atom stereocenters. The second kappa shape index (κ2) is 6.63. The number of carbonyl (C=O) groups is 2. The van der Waals surface area contributed by atoms with Crippen molar-refractivity contribution in [2.24, 2.45) is 5.92 Å². The van der Waals surface area contributed by atoms with Crippen LogP contribution in [0.5, 0.6) is 0 Å². The molecule has 0 radical (unpaired) electrons. The number of aromatic nitrogens is 2. The first-order valence-corrected chi connectivity index (χ1v) is 8.67. The van der Waals surface area contributed by atoms with Gasteiger partial charge >= 0.3 is 0 Å². The third-order valence-corrected chi connectivity index (χ3v) is 4.71. The highest BCUT2D eigenvalue weighted by molar-refractivity contribution is 5.97. The number of hydrogen-bond acceptors (Lipinski definition) is 3. The Morgan fingerprint density at radius 3 is 2.77 bits per heavy atom. The number of likely N-dealkylation sites (tertiary alicyclic amines) is 1. The minimum Gasteiger partial charge on any atom is -0.338 e. The van der Waals surface area contributed by atoms with Crippen molar-refractivity contribution in [3.8, 4) is 0 Å². The van der Waals surface area contributed by atoms with E-state index in [0.717, 1.165) is 16.6 Å². The molecule has 1 aromatic heterocycles. The molecule has 0 aliphatic carbocycles. The van der Waals surface area contributed by atoms with Gasteiger partial charge in [-0.3, -0.25) is 14.9 Å². The maximum atomic E-state index is 12.5. The lowest BCUT2D eigenvalue weighted by Gasteiger charge is -2.16. The van der Waals surface area contributed by atoms with Gasteiger partial charge in [0.2, 0.25) is 17.8 Å². The Balaban J connectivity index is 1.40. The molecule has 0 bridgehead atoms. The zero-order chi connectivity index (χ0) is 18.1. The molecule has 2 N–H and O–H groups in total. The van der Waals surface area contributed by atoms with Gasteiger partial charge < -0.3 is 9.88 Å². The van der Waals surface area contributed by atoms with Gasteiger partial charge in [-0.25, -0.2) is 4.98 Å². The van der Waals surface area contributed by atoms with Crippen molar-refractivity contribution < 1.29 is 9.59 Å². The van der Waals surface area contributed by atoms with Crippen molar-refractivity contribution in [2.75, 3.05) is 11.9 Å². The number of aryl methyl sites for hydroxylation is 1. The maximum Gasteiger partial charge on any atom is 0.232 e. The number of nitrogens with zero attached hydrogens (tertiary/aromatic N) is 2. The van der Waals surface area contributed by atoms with Gasteiger partial charge in [0, 0.05) is 19.5 Å². The van der Waals surface area contributed by atoms with Gasteiger partial charge in [0.15, 0.2) is 0 Å². The second-order valence-corrected chi connectivity index (χ2v) is 6.75. The largest absolute Gasteiger partial charge is 0.338 e. The molecule has 6 nitrogen and oxygen atoms in total. The van der Waals surface area contributed by atoms with Gasteiger partial charge in [0.1, 0.15) is 0 Å². The van der Waals surface area contributed by atoms with Crippen LogP contribution in [0.1, 0.15) is 17.5 Å². The third kappa shape index (κ3) is 3.31. The number of anilines is 1. The highest BCUT2D eigenvalue weighted by Gasteiger charge is 2.34. The summed E-state index contributed by atoms with van der Waals surface area (Å²) < 4.78 is 0. The number of hydrogen-bond donors (Lipinski definition) is 2. The van der Waals surface area contributed by atoms with Crippen molar-refractivity contribution in [3.05, 3.63) is 59.7 Å². The SMILES string of the molecule is Cc1ccc(CN2C[C@@H](C(=O)Nc3nc4ccccc4[nH]3)CC2=O)cc1. The number of para-hydroxylation sites is 2. The maximum absolute atomic E-state index is 12.5. The summed E-state index contributed by atoms with van der Waals surface area (Å²) >= 11 is 0.